The molecule has 1 atom stereocenters. The van der Waals surface area contributed by atoms with Crippen molar-refractivity contribution in [3.63, 3.8) is 0 Å². The average Bonchev–Trinajstić information content (AvgIpc) is 2.94. The minimum absolute atomic E-state index is 0.107. The summed E-state index contributed by atoms with van der Waals surface area (Å²) in [5.74, 6) is -1.98. The Morgan fingerprint density at radius 1 is 1.14 bits per heavy atom. The second kappa shape index (κ2) is 9.15. The summed E-state index contributed by atoms with van der Waals surface area (Å²) in [5, 5.41) is 5.47. The lowest BCUT2D eigenvalue weighted by Crippen LogP contribution is -2.54. The van der Waals surface area contributed by atoms with Gasteiger partial charge in [-0.1, -0.05) is 0 Å². The molecule has 156 valence electrons. The smallest absolute Gasteiger partial charge is 0.262 e. The maximum absolute atomic E-state index is 12.8. The van der Waals surface area contributed by atoms with E-state index in [1.54, 1.807) is 18.2 Å². The summed E-state index contributed by atoms with van der Waals surface area (Å²) in [6.07, 6.45) is 2.15. The maximum Gasteiger partial charge on any atom is 0.262 e. The van der Waals surface area contributed by atoms with Crippen LogP contribution in [0.15, 0.2) is 18.2 Å². The van der Waals surface area contributed by atoms with Gasteiger partial charge in [-0.2, -0.15) is 0 Å². The Balaban J connectivity index is 1.60. The molecule has 1 unspecified atom stereocenters. The van der Waals surface area contributed by atoms with Crippen LogP contribution in [0.2, 0.25) is 0 Å². The van der Waals surface area contributed by atoms with Gasteiger partial charge in [0.15, 0.2) is 0 Å². The van der Waals surface area contributed by atoms with Gasteiger partial charge in [0.05, 0.1) is 11.1 Å². The topological polar surface area (TPSA) is 125 Å². The second-order valence-corrected chi connectivity index (χ2v) is 7.43. The Labute approximate surface area is 169 Å². The molecule has 0 saturated carbocycles. The van der Waals surface area contributed by atoms with Gasteiger partial charge in [0.25, 0.3) is 11.8 Å². The molecular weight excluding hydrogens is 374 g/mol. The number of imide groups is 2. The van der Waals surface area contributed by atoms with Crippen LogP contribution in [0, 0.1) is 0 Å². The van der Waals surface area contributed by atoms with Crippen LogP contribution in [-0.4, -0.2) is 72.7 Å². The Morgan fingerprint density at radius 2 is 1.86 bits per heavy atom. The van der Waals surface area contributed by atoms with Crippen molar-refractivity contribution >= 4 is 29.3 Å². The molecule has 9 nitrogen and oxygen atoms in total. The van der Waals surface area contributed by atoms with E-state index in [0.717, 1.165) is 43.1 Å². The van der Waals surface area contributed by atoms with Crippen molar-refractivity contribution in [2.24, 2.45) is 5.73 Å². The number of fused-ring (bicyclic) bond motifs is 1. The number of carbonyl (C=O) groups is 4. The van der Waals surface area contributed by atoms with Gasteiger partial charge < -0.3 is 16.0 Å². The standard InChI is InChI=1S/C20H27N5O4/c1-24(10-2-8-21)11-3-9-22-13-4-5-14-15(12-13)20(29)25(19(14)28)16-6-7-17(26)23-18(16)27/h4-5,12,16,22H,2-3,6-11,21H2,1H3,(H,23,26,27). The molecular formula is C20H27N5O4. The number of nitrogens with one attached hydrogen (secondary N) is 2. The van der Waals surface area contributed by atoms with E-state index in [0.29, 0.717) is 6.54 Å². The number of amides is 4. The first-order valence-corrected chi connectivity index (χ1v) is 9.90. The minimum Gasteiger partial charge on any atom is -0.385 e. The van der Waals surface area contributed by atoms with E-state index in [4.69, 9.17) is 5.73 Å². The van der Waals surface area contributed by atoms with Gasteiger partial charge in [-0.15, -0.1) is 0 Å². The van der Waals surface area contributed by atoms with Crippen LogP contribution in [-0.2, 0) is 9.59 Å². The molecule has 4 amide bonds. The van der Waals surface area contributed by atoms with Crippen LogP contribution >= 0.6 is 0 Å². The van der Waals surface area contributed by atoms with Gasteiger partial charge >= 0.3 is 0 Å². The first-order valence-electron chi connectivity index (χ1n) is 9.90. The highest BCUT2D eigenvalue weighted by Gasteiger charge is 2.44. The van der Waals surface area contributed by atoms with Crippen LogP contribution in [0.3, 0.4) is 0 Å². The zero-order chi connectivity index (χ0) is 21.0. The highest BCUT2D eigenvalue weighted by atomic mass is 16.2. The number of hydrogen-bond donors (Lipinski definition) is 3. The predicted molar refractivity (Wildman–Crippen MR) is 107 cm³/mol. The average molecular weight is 401 g/mol. The van der Waals surface area contributed by atoms with Crippen LogP contribution in [0.4, 0.5) is 5.69 Å². The molecule has 1 saturated heterocycles. The van der Waals surface area contributed by atoms with Crippen molar-refractivity contribution in [2.75, 3.05) is 38.5 Å². The van der Waals surface area contributed by atoms with Gasteiger partial charge in [0.1, 0.15) is 6.04 Å². The number of piperidine rings is 1. The van der Waals surface area contributed by atoms with Crippen molar-refractivity contribution in [1.82, 2.24) is 15.1 Å². The number of anilines is 1. The highest BCUT2D eigenvalue weighted by molar-refractivity contribution is 6.23. The third kappa shape index (κ3) is 4.63. The Hall–Kier alpha value is -2.78. The van der Waals surface area contributed by atoms with Crippen molar-refractivity contribution in [3.8, 4) is 0 Å². The van der Waals surface area contributed by atoms with Gasteiger partial charge in [-0.25, -0.2) is 0 Å². The van der Waals surface area contributed by atoms with Gasteiger partial charge in [-0.3, -0.25) is 29.4 Å². The summed E-state index contributed by atoms with van der Waals surface area (Å²) in [5.41, 5.74) is 6.83. The zero-order valence-electron chi connectivity index (χ0n) is 16.6. The first kappa shape index (κ1) is 20.9. The van der Waals surface area contributed by atoms with Gasteiger partial charge in [0.2, 0.25) is 11.8 Å². The molecule has 0 aromatic heterocycles. The number of rotatable bonds is 9. The fourth-order valence-corrected chi connectivity index (χ4v) is 3.64. The van der Waals surface area contributed by atoms with E-state index in [9.17, 15) is 19.2 Å². The first-order chi connectivity index (χ1) is 13.9. The lowest BCUT2D eigenvalue weighted by atomic mass is 10.0. The molecule has 29 heavy (non-hydrogen) atoms. The molecule has 0 spiro atoms. The predicted octanol–water partition coefficient (Wildman–Crippen LogP) is 0.170. The van der Waals surface area contributed by atoms with Crippen LogP contribution in [0.1, 0.15) is 46.4 Å². The molecule has 9 heteroatoms. The Morgan fingerprint density at radius 3 is 2.59 bits per heavy atom. The van der Waals surface area contributed by atoms with E-state index in [2.05, 4.69) is 22.6 Å². The number of carbonyl (C=O) groups excluding carboxylic acids is 4. The molecule has 1 fully saturated rings. The normalized spacial score (nSPS) is 19.0. The Bertz CT molecular complexity index is 825. The molecule has 2 aliphatic heterocycles. The quantitative estimate of drug-likeness (QED) is 0.398. The second-order valence-electron chi connectivity index (χ2n) is 7.43. The fraction of sp³-hybridized carbons (Fsp3) is 0.500. The third-order valence-corrected chi connectivity index (χ3v) is 5.23. The number of benzene rings is 1. The highest BCUT2D eigenvalue weighted by Crippen LogP contribution is 2.29. The van der Waals surface area contributed by atoms with Gasteiger partial charge in [0, 0.05) is 18.7 Å². The summed E-state index contributed by atoms with van der Waals surface area (Å²) >= 11 is 0. The fourth-order valence-electron chi connectivity index (χ4n) is 3.64. The van der Waals surface area contributed by atoms with E-state index >= 15 is 0 Å². The van der Waals surface area contributed by atoms with E-state index in [1.165, 1.54) is 0 Å². The summed E-state index contributed by atoms with van der Waals surface area (Å²) in [6.45, 7) is 3.30. The van der Waals surface area contributed by atoms with Crippen molar-refractivity contribution in [1.29, 1.82) is 0 Å². The van der Waals surface area contributed by atoms with Crippen molar-refractivity contribution < 1.29 is 19.2 Å². The van der Waals surface area contributed by atoms with Crippen molar-refractivity contribution in [2.45, 2.75) is 31.7 Å². The van der Waals surface area contributed by atoms with Crippen molar-refractivity contribution in [3.05, 3.63) is 29.3 Å². The minimum atomic E-state index is -0.944. The molecule has 2 aliphatic rings. The summed E-state index contributed by atoms with van der Waals surface area (Å²) in [7, 11) is 2.05. The maximum atomic E-state index is 12.8. The van der Waals surface area contributed by atoms with Crippen LogP contribution in [0.5, 0.6) is 0 Å². The Kier molecular flexibility index (Phi) is 6.60. The molecule has 0 bridgehead atoms. The SMILES string of the molecule is CN(CCCN)CCCNc1ccc2c(c1)C(=O)N(C1CCC(=O)NC1=O)C2=O. The van der Waals surface area contributed by atoms with Crippen LogP contribution < -0.4 is 16.4 Å². The molecule has 1 aromatic carbocycles. The van der Waals surface area contributed by atoms with E-state index in [1.807, 2.05) is 0 Å². The molecule has 2 heterocycles. The summed E-state index contributed by atoms with van der Waals surface area (Å²) < 4.78 is 0. The molecule has 1 aromatic rings. The zero-order valence-corrected chi connectivity index (χ0v) is 16.6. The van der Waals surface area contributed by atoms with Gasteiger partial charge in [-0.05, 0) is 64.1 Å². The monoisotopic (exact) mass is 401 g/mol. The summed E-state index contributed by atoms with van der Waals surface area (Å²) in [4.78, 5) is 52.1. The summed E-state index contributed by atoms with van der Waals surface area (Å²) in [6, 6.07) is 4.08. The molecule has 0 radical (unpaired) electrons. The lowest BCUT2D eigenvalue weighted by Gasteiger charge is -2.27. The number of nitrogens with zero attached hydrogens (tertiary/aromatic N) is 2. The molecule has 0 aliphatic carbocycles. The third-order valence-electron chi connectivity index (χ3n) is 5.23. The molecule has 3 rings (SSSR count). The lowest BCUT2D eigenvalue weighted by molar-refractivity contribution is -0.136. The largest absolute Gasteiger partial charge is 0.385 e. The van der Waals surface area contributed by atoms with E-state index < -0.39 is 23.8 Å². The number of nitrogens with two attached hydrogens (primary N) is 1. The van der Waals surface area contributed by atoms with E-state index in [-0.39, 0.29) is 29.9 Å². The molecule has 4 N–H and O–H groups in total. The van der Waals surface area contributed by atoms with Crippen LogP contribution in [0.25, 0.3) is 0 Å². The number of hydrogen-bond acceptors (Lipinski definition) is 7.